The van der Waals surface area contributed by atoms with Gasteiger partial charge < -0.3 is 9.64 Å². The molecule has 21 heavy (non-hydrogen) atoms. The lowest BCUT2D eigenvalue weighted by Crippen LogP contribution is -2.44. The first kappa shape index (κ1) is 15.6. The van der Waals surface area contributed by atoms with Gasteiger partial charge in [0.1, 0.15) is 5.82 Å². The van der Waals surface area contributed by atoms with E-state index in [1.54, 1.807) is 4.90 Å². The minimum Gasteiger partial charge on any atom is -0.375 e. The summed E-state index contributed by atoms with van der Waals surface area (Å²) >= 11 is 0. The number of nitrogens with zero attached hydrogens (tertiary/aromatic N) is 1. The number of carbonyl (C=O) groups is 2. The molecule has 114 valence electrons. The fourth-order valence-corrected chi connectivity index (χ4v) is 2.38. The Balaban J connectivity index is 1.74. The second kappa shape index (κ2) is 7.31. The standard InChI is InChI=1S/C16H20FNO3/c1-12-11-18(9-10-21-12)16(20)4-2-3-15(19)13-5-7-14(17)8-6-13/h5-8,12H,2-4,9-11H2,1H3. The quantitative estimate of drug-likeness (QED) is 0.783. The highest BCUT2D eigenvalue weighted by Gasteiger charge is 2.21. The van der Waals surface area contributed by atoms with Crippen LogP contribution in [-0.2, 0) is 9.53 Å². The van der Waals surface area contributed by atoms with Crippen molar-refractivity contribution in [2.45, 2.75) is 32.3 Å². The van der Waals surface area contributed by atoms with Crippen LogP contribution in [0.5, 0.6) is 0 Å². The number of rotatable bonds is 5. The number of morpholine rings is 1. The summed E-state index contributed by atoms with van der Waals surface area (Å²) in [5.41, 5.74) is 0.490. The fourth-order valence-electron chi connectivity index (χ4n) is 2.38. The molecule has 0 N–H and O–H groups in total. The van der Waals surface area contributed by atoms with Crippen LogP contribution in [-0.4, -0.2) is 42.4 Å². The number of ketones is 1. The van der Waals surface area contributed by atoms with Gasteiger partial charge in [-0.3, -0.25) is 9.59 Å². The molecule has 1 atom stereocenters. The zero-order valence-corrected chi connectivity index (χ0v) is 12.2. The summed E-state index contributed by atoms with van der Waals surface area (Å²) in [4.78, 5) is 25.7. The van der Waals surface area contributed by atoms with Gasteiger partial charge in [0.15, 0.2) is 5.78 Å². The highest BCUT2D eigenvalue weighted by molar-refractivity contribution is 5.96. The summed E-state index contributed by atoms with van der Waals surface area (Å²) in [7, 11) is 0. The second-order valence-electron chi connectivity index (χ2n) is 5.30. The molecular weight excluding hydrogens is 273 g/mol. The van der Waals surface area contributed by atoms with Gasteiger partial charge in [-0.05, 0) is 37.6 Å². The maximum Gasteiger partial charge on any atom is 0.222 e. The molecule has 0 spiro atoms. The average Bonchev–Trinajstić information content (AvgIpc) is 2.47. The van der Waals surface area contributed by atoms with Crippen LogP contribution in [0.4, 0.5) is 4.39 Å². The summed E-state index contributed by atoms with van der Waals surface area (Å²) in [5, 5.41) is 0. The van der Waals surface area contributed by atoms with E-state index in [2.05, 4.69) is 0 Å². The van der Waals surface area contributed by atoms with Crippen molar-refractivity contribution in [1.29, 1.82) is 0 Å². The Hall–Kier alpha value is -1.75. The van der Waals surface area contributed by atoms with Crippen LogP contribution in [0, 0.1) is 5.82 Å². The fraction of sp³-hybridized carbons (Fsp3) is 0.500. The first-order valence-corrected chi connectivity index (χ1v) is 7.24. The van der Waals surface area contributed by atoms with Gasteiger partial charge in [0.2, 0.25) is 5.91 Å². The zero-order valence-electron chi connectivity index (χ0n) is 12.2. The van der Waals surface area contributed by atoms with Crippen molar-refractivity contribution >= 4 is 11.7 Å². The largest absolute Gasteiger partial charge is 0.375 e. The van der Waals surface area contributed by atoms with Gasteiger partial charge in [0.25, 0.3) is 0 Å². The van der Waals surface area contributed by atoms with E-state index in [4.69, 9.17) is 4.74 Å². The predicted octanol–water partition coefficient (Wildman–Crippen LogP) is 2.43. The van der Waals surface area contributed by atoms with Crippen LogP contribution in [0.1, 0.15) is 36.5 Å². The Morgan fingerprint density at radius 3 is 2.67 bits per heavy atom. The Bertz CT molecular complexity index is 501. The third-order valence-corrected chi connectivity index (χ3v) is 3.55. The maximum absolute atomic E-state index is 12.8. The molecule has 1 amide bonds. The molecule has 1 aliphatic heterocycles. The van der Waals surface area contributed by atoms with Crippen LogP contribution in [0.25, 0.3) is 0 Å². The molecule has 1 saturated heterocycles. The van der Waals surface area contributed by atoms with Crippen molar-refractivity contribution in [3.05, 3.63) is 35.6 Å². The van der Waals surface area contributed by atoms with Gasteiger partial charge in [-0.2, -0.15) is 0 Å². The predicted molar refractivity (Wildman–Crippen MR) is 76.6 cm³/mol. The number of hydrogen-bond acceptors (Lipinski definition) is 3. The molecule has 1 aliphatic rings. The number of halogens is 1. The number of benzene rings is 1. The van der Waals surface area contributed by atoms with E-state index in [-0.39, 0.29) is 23.6 Å². The summed E-state index contributed by atoms with van der Waals surface area (Å²) in [6.07, 6.45) is 1.25. The lowest BCUT2D eigenvalue weighted by Gasteiger charge is -2.31. The normalized spacial score (nSPS) is 18.6. The van der Waals surface area contributed by atoms with E-state index in [0.717, 1.165) is 0 Å². The first-order chi connectivity index (χ1) is 10.1. The van der Waals surface area contributed by atoms with Crippen molar-refractivity contribution in [1.82, 2.24) is 4.90 Å². The summed E-state index contributed by atoms with van der Waals surface area (Å²) in [6, 6.07) is 5.49. The highest BCUT2D eigenvalue weighted by atomic mass is 19.1. The molecule has 0 radical (unpaired) electrons. The summed E-state index contributed by atoms with van der Waals surface area (Å²) < 4.78 is 18.2. The molecule has 5 heteroatoms. The smallest absolute Gasteiger partial charge is 0.222 e. The highest BCUT2D eigenvalue weighted by Crippen LogP contribution is 2.11. The Morgan fingerprint density at radius 1 is 1.29 bits per heavy atom. The first-order valence-electron chi connectivity index (χ1n) is 7.24. The topological polar surface area (TPSA) is 46.6 Å². The third kappa shape index (κ3) is 4.63. The Kier molecular flexibility index (Phi) is 5.44. The molecule has 1 aromatic carbocycles. The average molecular weight is 293 g/mol. The third-order valence-electron chi connectivity index (χ3n) is 3.55. The SMILES string of the molecule is CC1CN(C(=O)CCCC(=O)c2ccc(F)cc2)CCO1. The van der Waals surface area contributed by atoms with Gasteiger partial charge in [-0.25, -0.2) is 4.39 Å². The van der Waals surface area contributed by atoms with E-state index >= 15 is 0 Å². The van der Waals surface area contributed by atoms with Crippen LogP contribution in [0.2, 0.25) is 0 Å². The van der Waals surface area contributed by atoms with E-state index in [1.807, 2.05) is 6.92 Å². The molecule has 2 rings (SSSR count). The lowest BCUT2D eigenvalue weighted by molar-refractivity contribution is -0.138. The zero-order chi connectivity index (χ0) is 15.2. The number of hydrogen-bond donors (Lipinski definition) is 0. The van der Waals surface area contributed by atoms with Crippen LogP contribution < -0.4 is 0 Å². The monoisotopic (exact) mass is 293 g/mol. The van der Waals surface area contributed by atoms with E-state index < -0.39 is 0 Å². The minimum absolute atomic E-state index is 0.0573. The summed E-state index contributed by atoms with van der Waals surface area (Å²) in [6.45, 7) is 3.75. The van der Waals surface area contributed by atoms with Gasteiger partial charge in [0, 0.05) is 31.5 Å². The van der Waals surface area contributed by atoms with Gasteiger partial charge in [-0.15, -0.1) is 0 Å². The molecule has 0 aromatic heterocycles. The summed E-state index contributed by atoms with van der Waals surface area (Å²) in [5.74, 6) is -0.349. The maximum atomic E-state index is 12.8. The molecular formula is C16H20FNO3. The molecule has 1 heterocycles. The van der Waals surface area contributed by atoms with Crippen molar-refractivity contribution < 1.29 is 18.7 Å². The number of amides is 1. The molecule has 0 saturated carbocycles. The molecule has 0 bridgehead atoms. The molecule has 1 unspecified atom stereocenters. The number of carbonyl (C=O) groups excluding carboxylic acids is 2. The Morgan fingerprint density at radius 2 is 2.00 bits per heavy atom. The van der Waals surface area contributed by atoms with E-state index in [0.29, 0.717) is 44.5 Å². The van der Waals surface area contributed by atoms with E-state index in [1.165, 1.54) is 24.3 Å². The van der Waals surface area contributed by atoms with Crippen LogP contribution in [0.15, 0.2) is 24.3 Å². The van der Waals surface area contributed by atoms with Gasteiger partial charge >= 0.3 is 0 Å². The number of Topliss-reactive ketones (excluding diaryl/α,β-unsaturated/α-hetero) is 1. The molecule has 4 nitrogen and oxygen atoms in total. The van der Waals surface area contributed by atoms with Crippen LogP contribution in [0.3, 0.4) is 0 Å². The number of ether oxygens (including phenoxy) is 1. The van der Waals surface area contributed by atoms with Crippen LogP contribution >= 0.6 is 0 Å². The van der Waals surface area contributed by atoms with Crippen molar-refractivity contribution in [3.8, 4) is 0 Å². The van der Waals surface area contributed by atoms with Crippen molar-refractivity contribution in [2.75, 3.05) is 19.7 Å². The minimum atomic E-state index is -0.358. The molecule has 1 aromatic rings. The van der Waals surface area contributed by atoms with Crippen molar-refractivity contribution in [2.24, 2.45) is 0 Å². The lowest BCUT2D eigenvalue weighted by atomic mass is 10.1. The Labute approximate surface area is 123 Å². The van der Waals surface area contributed by atoms with Crippen molar-refractivity contribution in [3.63, 3.8) is 0 Å². The molecule has 1 fully saturated rings. The van der Waals surface area contributed by atoms with E-state index in [9.17, 15) is 14.0 Å². The molecule has 0 aliphatic carbocycles. The van der Waals surface area contributed by atoms with Gasteiger partial charge in [0.05, 0.1) is 12.7 Å². The van der Waals surface area contributed by atoms with Gasteiger partial charge in [-0.1, -0.05) is 0 Å². The second-order valence-corrected chi connectivity index (χ2v) is 5.30.